The summed E-state index contributed by atoms with van der Waals surface area (Å²) in [5.74, 6) is 0.396. The smallest absolute Gasteiger partial charge is 0.225 e. The Kier molecular flexibility index (Phi) is 5.45. The van der Waals surface area contributed by atoms with E-state index in [0.29, 0.717) is 17.1 Å². The molecule has 18 heavy (non-hydrogen) atoms. The molecule has 1 aromatic carbocycles. The lowest BCUT2D eigenvalue weighted by Crippen LogP contribution is -2.12. The molecule has 0 saturated carbocycles. The van der Waals surface area contributed by atoms with Crippen LogP contribution in [0, 0.1) is 0 Å². The molecule has 5 nitrogen and oxygen atoms in total. The third-order valence-corrected chi connectivity index (χ3v) is 2.31. The molecule has 1 rings (SSSR count). The third-order valence-electron chi connectivity index (χ3n) is 2.12. The molecule has 0 heterocycles. The van der Waals surface area contributed by atoms with Gasteiger partial charge in [-0.05, 0) is 12.1 Å². The molecule has 6 heteroatoms. The van der Waals surface area contributed by atoms with Crippen LogP contribution >= 0.6 is 11.6 Å². The quantitative estimate of drug-likeness (QED) is 0.806. The van der Waals surface area contributed by atoms with Gasteiger partial charge in [-0.2, -0.15) is 0 Å². The summed E-state index contributed by atoms with van der Waals surface area (Å²) in [4.78, 5) is 22.3. The number of carbonyl (C=O) groups excluding carboxylic acids is 2. The van der Waals surface area contributed by atoms with Crippen molar-refractivity contribution in [1.82, 2.24) is 0 Å². The lowest BCUT2D eigenvalue weighted by atomic mass is 10.2. The summed E-state index contributed by atoms with van der Waals surface area (Å²) < 4.78 is 5.14. The molecule has 0 fully saturated rings. The van der Waals surface area contributed by atoms with Crippen LogP contribution < -0.4 is 15.4 Å². The van der Waals surface area contributed by atoms with Crippen LogP contribution in [-0.4, -0.2) is 24.8 Å². The Hall–Kier alpha value is -1.75. The standard InChI is InChI=1S/C12H15ClN2O3/c1-8(16)14-10-4-3-9(7-11(10)18-2)15-12(17)5-6-13/h3-4,7H,5-6H2,1-2H3,(H,14,16)(H,15,17). The maximum atomic E-state index is 11.4. The van der Waals surface area contributed by atoms with Gasteiger partial charge in [-0.15, -0.1) is 11.6 Å². The van der Waals surface area contributed by atoms with Gasteiger partial charge in [0, 0.05) is 31.0 Å². The fourth-order valence-electron chi connectivity index (χ4n) is 1.37. The average molecular weight is 271 g/mol. The van der Waals surface area contributed by atoms with E-state index in [-0.39, 0.29) is 24.1 Å². The lowest BCUT2D eigenvalue weighted by Gasteiger charge is -2.11. The first-order valence-electron chi connectivity index (χ1n) is 5.38. The number of nitrogens with one attached hydrogen (secondary N) is 2. The van der Waals surface area contributed by atoms with Gasteiger partial charge in [-0.25, -0.2) is 0 Å². The van der Waals surface area contributed by atoms with Crippen LogP contribution in [0.2, 0.25) is 0 Å². The van der Waals surface area contributed by atoms with Gasteiger partial charge in [0.1, 0.15) is 5.75 Å². The van der Waals surface area contributed by atoms with Crippen LogP contribution in [0.25, 0.3) is 0 Å². The Balaban J connectivity index is 2.84. The average Bonchev–Trinajstić information content (AvgIpc) is 2.30. The molecule has 98 valence electrons. The van der Waals surface area contributed by atoms with Crippen LogP contribution in [0.3, 0.4) is 0 Å². The monoisotopic (exact) mass is 270 g/mol. The number of hydrogen-bond donors (Lipinski definition) is 2. The zero-order chi connectivity index (χ0) is 13.5. The molecule has 0 bridgehead atoms. The summed E-state index contributed by atoms with van der Waals surface area (Å²) in [7, 11) is 1.49. The van der Waals surface area contributed by atoms with Crippen molar-refractivity contribution in [2.75, 3.05) is 23.6 Å². The predicted octanol–water partition coefficient (Wildman–Crippen LogP) is 2.22. The molecule has 0 radical (unpaired) electrons. The van der Waals surface area contributed by atoms with Crippen LogP contribution in [0.5, 0.6) is 5.75 Å². The second-order valence-electron chi connectivity index (χ2n) is 3.58. The van der Waals surface area contributed by atoms with E-state index < -0.39 is 0 Å². The minimum atomic E-state index is -0.188. The number of halogens is 1. The highest BCUT2D eigenvalue weighted by molar-refractivity contribution is 6.19. The van der Waals surface area contributed by atoms with E-state index in [4.69, 9.17) is 16.3 Å². The molecule has 0 aromatic heterocycles. The van der Waals surface area contributed by atoms with E-state index in [1.165, 1.54) is 14.0 Å². The molecular formula is C12H15ClN2O3. The zero-order valence-electron chi connectivity index (χ0n) is 10.2. The number of methoxy groups -OCH3 is 1. The van der Waals surface area contributed by atoms with Crippen LogP contribution in [0.4, 0.5) is 11.4 Å². The van der Waals surface area contributed by atoms with Crippen molar-refractivity contribution in [1.29, 1.82) is 0 Å². The van der Waals surface area contributed by atoms with Gasteiger partial charge >= 0.3 is 0 Å². The SMILES string of the molecule is COc1cc(NC(=O)CCCl)ccc1NC(C)=O. The molecule has 2 N–H and O–H groups in total. The van der Waals surface area contributed by atoms with Gasteiger partial charge < -0.3 is 15.4 Å². The third kappa shape index (κ3) is 4.25. The molecule has 0 spiro atoms. The maximum absolute atomic E-state index is 11.4. The van der Waals surface area contributed by atoms with Crippen LogP contribution in [0.1, 0.15) is 13.3 Å². The summed E-state index contributed by atoms with van der Waals surface area (Å²) in [6.07, 6.45) is 0.247. The van der Waals surface area contributed by atoms with Crippen LogP contribution in [0.15, 0.2) is 18.2 Å². The Morgan fingerprint density at radius 1 is 1.33 bits per heavy atom. The van der Waals surface area contributed by atoms with E-state index in [1.54, 1.807) is 18.2 Å². The molecule has 0 saturated heterocycles. The zero-order valence-corrected chi connectivity index (χ0v) is 11.0. The van der Waals surface area contributed by atoms with Crippen molar-refractivity contribution < 1.29 is 14.3 Å². The summed E-state index contributed by atoms with van der Waals surface area (Å²) in [6.45, 7) is 1.41. The molecule has 0 aliphatic carbocycles. The Morgan fingerprint density at radius 3 is 2.61 bits per heavy atom. The fraction of sp³-hybridized carbons (Fsp3) is 0.333. The Morgan fingerprint density at radius 2 is 2.06 bits per heavy atom. The second kappa shape index (κ2) is 6.86. The van der Waals surface area contributed by atoms with E-state index in [9.17, 15) is 9.59 Å². The van der Waals surface area contributed by atoms with E-state index in [2.05, 4.69) is 10.6 Å². The van der Waals surface area contributed by atoms with Crippen molar-refractivity contribution in [3.05, 3.63) is 18.2 Å². The van der Waals surface area contributed by atoms with E-state index in [0.717, 1.165) is 0 Å². The van der Waals surface area contributed by atoms with Crippen molar-refractivity contribution in [2.24, 2.45) is 0 Å². The first kappa shape index (κ1) is 14.3. The Bertz CT molecular complexity index is 449. The predicted molar refractivity (Wildman–Crippen MR) is 71.3 cm³/mol. The number of ether oxygens (including phenoxy) is 1. The van der Waals surface area contributed by atoms with Crippen molar-refractivity contribution in [3.8, 4) is 5.75 Å². The van der Waals surface area contributed by atoms with Crippen molar-refractivity contribution in [2.45, 2.75) is 13.3 Å². The minimum Gasteiger partial charge on any atom is -0.494 e. The summed E-state index contributed by atoms with van der Waals surface area (Å²) in [6, 6.07) is 4.98. The highest BCUT2D eigenvalue weighted by Crippen LogP contribution is 2.27. The van der Waals surface area contributed by atoms with Gasteiger partial charge in [0.2, 0.25) is 11.8 Å². The van der Waals surface area contributed by atoms with Gasteiger partial charge in [0.15, 0.2) is 0 Å². The normalized spacial score (nSPS) is 9.72. The number of carbonyl (C=O) groups is 2. The fourth-order valence-corrected chi connectivity index (χ4v) is 1.54. The van der Waals surface area contributed by atoms with Gasteiger partial charge in [0.25, 0.3) is 0 Å². The number of anilines is 2. The molecule has 0 aliphatic rings. The van der Waals surface area contributed by atoms with Crippen molar-refractivity contribution >= 4 is 34.8 Å². The molecule has 1 aromatic rings. The number of hydrogen-bond acceptors (Lipinski definition) is 3. The molecule has 2 amide bonds. The molecular weight excluding hydrogens is 256 g/mol. The first-order chi connectivity index (χ1) is 8.56. The Labute approximate surface area is 110 Å². The maximum Gasteiger partial charge on any atom is 0.225 e. The first-order valence-corrected chi connectivity index (χ1v) is 5.91. The number of alkyl halides is 1. The van der Waals surface area contributed by atoms with Gasteiger partial charge in [-0.1, -0.05) is 0 Å². The minimum absolute atomic E-state index is 0.167. The summed E-state index contributed by atoms with van der Waals surface area (Å²) in [5, 5.41) is 5.31. The highest BCUT2D eigenvalue weighted by Gasteiger charge is 2.07. The lowest BCUT2D eigenvalue weighted by molar-refractivity contribution is -0.116. The molecule has 0 atom stereocenters. The number of benzene rings is 1. The van der Waals surface area contributed by atoms with E-state index >= 15 is 0 Å². The number of rotatable bonds is 5. The summed E-state index contributed by atoms with van der Waals surface area (Å²) >= 11 is 5.47. The van der Waals surface area contributed by atoms with Gasteiger partial charge in [0.05, 0.1) is 12.8 Å². The van der Waals surface area contributed by atoms with Crippen molar-refractivity contribution in [3.63, 3.8) is 0 Å². The molecule has 0 aliphatic heterocycles. The van der Waals surface area contributed by atoms with E-state index in [1.807, 2.05) is 0 Å². The number of amides is 2. The topological polar surface area (TPSA) is 67.4 Å². The van der Waals surface area contributed by atoms with Crippen LogP contribution in [-0.2, 0) is 9.59 Å². The molecule has 0 unspecified atom stereocenters. The van der Waals surface area contributed by atoms with Gasteiger partial charge in [-0.3, -0.25) is 9.59 Å². The summed E-state index contributed by atoms with van der Waals surface area (Å²) in [5.41, 5.74) is 1.15. The highest BCUT2D eigenvalue weighted by atomic mass is 35.5. The second-order valence-corrected chi connectivity index (χ2v) is 3.96. The largest absolute Gasteiger partial charge is 0.494 e.